The number of likely N-dealkylation sites (tertiary alicyclic amines) is 4. The highest BCUT2D eigenvalue weighted by atomic mass is 35.5. The number of nitrogens with zero attached hydrogens (tertiary/aromatic N) is 10. The van der Waals surface area contributed by atoms with Crippen LogP contribution in [0.1, 0.15) is 98.1 Å². The van der Waals surface area contributed by atoms with Crippen LogP contribution in [0.15, 0.2) is 84.9 Å². The standard InChI is InChI=1S/C58H71ClN14O6/c1-68-49-18-15-38(27-46(49)64-66-68)32-62-55(76)51-28-39(24-36-10-4-3-5-11-36)34-72(51)58(79)45(61)17-20-54(75)71-23-9-14-48(71)43-31-50-47(65-67-69(50)2)30-41(43)33-63-56(77)52-29-40(25-37-12-8-13-42(59)26-37)35-73(52)57(78)44(60)16-19-53(74)70-21-6-7-22-70/h3-5,8,10-13,15,18,26-27,30-31,39-40,44-45,48,51-52H,6-7,9,14,16-17,19-25,28-29,32-35,60-61H2,1-2H3,(H,62,76)(H,63,77). The minimum Gasteiger partial charge on any atom is -0.350 e. The summed E-state index contributed by atoms with van der Waals surface area (Å²) in [5.41, 5.74) is 20.8. The van der Waals surface area contributed by atoms with Crippen LogP contribution >= 0.6 is 11.6 Å². The van der Waals surface area contributed by atoms with E-state index in [1.54, 1.807) is 26.2 Å². The molecule has 4 saturated heterocycles. The van der Waals surface area contributed by atoms with E-state index in [1.807, 2.05) is 102 Å². The van der Waals surface area contributed by atoms with E-state index >= 15 is 0 Å². The van der Waals surface area contributed by atoms with Crippen LogP contribution in [0.3, 0.4) is 0 Å². The zero-order valence-electron chi connectivity index (χ0n) is 45.0. The lowest BCUT2D eigenvalue weighted by atomic mass is 9.96. The van der Waals surface area contributed by atoms with Gasteiger partial charge in [-0.2, -0.15) is 0 Å². The molecule has 0 saturated carbocycles. The number of nitrogens with one attached hydrogen (secondary N) is 2. The number of carbonyl (C=O) groups excluding carboxylic acids is 6. The SMILES string of the molecule is Cn1nnc2cc(CNC(=O)C3CC(Cc4ccccc4)CN3C(=O)C(N)CCC(=O)N3CCCC3c3cc4c(cc3CNC(=O)C3CC(Cc5cccc(Cl)c5)CN3C(=O)C(N)CCC(=O)N3CCCC3)nnn4C)ccc21. The number of benzene rings is 4. The number of fused-ring (bicyclic) bond motifs is 2. The van der Waals surface area contributed by atoms with Crippen molar-refractivity contribution < 1.29 is 28.8 Å². The number of rotatable bonds is 19. The normalized spacial score (nSPS) is 21.1. The van der Waals surface area contributed by atoms with Gasteiger partial charge in [-0.05, 0) is 140 Å². The van der Waals surface area contributed by atoms with Crippen molar-refractivity contribution >= 4 is 69.1 Å². The molecule has 21 heteroatoms. The maximum Gasteiger partial charge on any atom is 0.243 e. The third kappa shape index (κ3) is 12.6. The van der Waals surface area contributed by atoms with Gasteiger partial charge in [0, 0.05) is 77.8 Å². The van der Waals surface area contributed by atoms with Crippen molar-refractivity contribution in [2.24, 2.45) is 37.4 Å². The second-order valence-electron chi connectivity index (χ2n) is 22.1. The van der Waals surface area contributed by atoms with Gasteiger partial charge in [-0.15, -0.1) is 10.2 Å². The molecule has 20 nitrogen and oxygen atoms in total. The number of hydrogen-bond acceptors (Lipinski definition) is 12. The molecule has 7 atom stereocenters. The van der Waals surface area contributed by atoms with Crippen molar-refractivity contribution in [2.75, 3.05) is 32.7 Å². The fourth-order valence-corrected chi connectivity index (χ4v) is 12.6. The van der Waals surface area contributed by atoms with E-state index in [1.165, 1.54) is 0 Å². The maximum atomic E-state index is 14.5. The van der Waals surface area contributed by atoms with E-state index in [2.05, 4.69) is 31.3 Å². The summed E-state index contributed by atoms with van der Waals surface area (Å²) in [6.45, 7) is 2.90. The summed E-state index contributed by atoms with van der Waals surface area (Å²) in [5.74, 6) is -1.56. The van der Waals surface area contributed by atoms with Gasteiger partial charge in [-0.3, -0.25) is 28.8 Å². The molecule has 7 unspecified atom stereocenters. The summed E-state index contributed by atoms with van der Waals surface area (Å²) in [5, 5.41) is 23.7. The van der Waals surface area contributed by atoms with Crippen molar-refractivity contribution in [3.63, 3.8) is 0 Å². The summed E-state index contributed by atoms with van der Waals surface area (Å²) in [6, 6.07) is 23.3. The number of aryl methyl sites for hydroxylation is 2. The van der Waals surface area contributed by atoms with Crippen molar-refractivity contribution in [1.29, 1.82) is 0 Å². The van der Waals surface area contributed by atoms with Crippen LogP contribution < -0.4 is 22.1 Å². The summed E-state index contributed by atoms with van der Waals surface area (Å²) in [4.78, 5) is 91.3. The lowest BCUT2D eigenvalue weighted by Crippen LogP contribution is -2.51. The highest BCUT2D eigenvalue weighted by molar-refractivity contribution is 6.30. The number of hydrogen-bond donors (Lipinski definition) is 4. The van der Waals surface area contributed by atoms with E-state index in [0.717, 1.165) is 63.6 Å². The van der Waals surface area contributed by atoms with Gasteiger partial charge < -0.3 is 41.7 Å². The molecule has 4 aliphatic rings. The topological polar surface area (TPSA) is 253 Å². The molecule has 10 rings (SSSR count). The second-order valence-corrected chi connectivity index (χ2v) is 22.5. The lowest BCUT2D eigenvalue weighted by molar-refractivity contribution is -0.140. The summed E-state index contributed by atoms with van der Waals surface area (Å²) >= 11 is 6.35. The van der Waals surface area contributed by atoms with E-state index < -0.39 is 24.2 Å². The van der Waals surface area contributed by atoms with Crippen LogP contribution in [0.25, 0.3) is 22.1 Å². The first kappa shape index (κ1) is 55.0. The molecule has 6 amide bonds. The lowest BCUT2D eigenvalue weighted by Gasteiger charge is -2.29. The maximum absolute atomic E-state index is 14.5. The van der Waals surface area contributed by atoms with Gasteiger partial charge in [0.25, 0.3) is 0 Å². The summed E-state index contributed by atoms with van der Waals surface area (Å²) in [7, 11) is 3.62. The third-order valence-corrected chi connectivity index (χ3v) is 16.8. The minimum atomic E-state index is -1.03. The number of amides is 6. The van der Waals surface area contributed by atoms with Crippen LogP contribution in [-0.4, -0.2) is 142 Å². The van der Waals surface area contributed by atoms with Gasteiger partial charge >= 0.3 is 0 Å². The Labute approximate surface area is 464 Å². The zero-order chi connectivity index (χ0) is 55.3. The quantitative estimate of drug-likeness (QED) is 0.0889. The fraction of sp³-hybridized carbons (Fsp3) is 0.483. The van der Waals surface area contributed by atoms with Gasteiger partial charge in [0.05, 0.1) is 29.2 Å². The van der Waals surface area contributed by atoms with Crippen LogP contribution in [0.4, 0.5) is 0 Å². The van der Waals surface area contributed by atoms with E-state index in [9.17, 15) is 28.8 Å². The average molecular weight is 1100 g/mol. The van der Waals surface area contributed by atoms with Gasteiger partial charge in [0.15, 0.2) is 0 Å². The number of halogens is 1. The molecular weight excluding hydrogens is 1020 g/mol. The highest BCUT2D eigenvalue weighted by Crippen LogP contribution is 2.37. The monoisotopic (exact) mass is 1090 g/mol. The first-order valence-corrected chi connectivity index (χ1v) is 28.2. The van der Waals surface area contributed by atoms with Crippen LogP contribution in [0, 0.1) is 11.8 Å². The molecule has 4 aliphatic heterocycles. The Hall–Kier alpha value is -7.29. The molecule has 0 spiro atoms. The summed E-state index contributed by atoms with van der Waals surface area (Å²) < 4.78 is 3.36. The molecule has 416 valence electrons. The Morgan fingerprint density at radius 2 is 1.22 bits per heavy atom. The Bertz CT molecular complexity index is 3220. The fourth-order valence-electron chi connectivity index (χ4n) is 12.4. The molecule has 0 radical (unpaired) electrons. The van der Waals surface area contributed by atoms with Crippen LogP contribution in [0.2, 0.25) is 5.02 Å². The number of carbonyl (C=O) groups is 6. The first-order valence-electron chi connectivity index (χ1n) is 27.8. The smallest absolute Gasteiger partial charge is 0.243 e. The van der Waals surface area contributed by atoms with Crippen LogP contribution in [-0.2, 0) is 68.8 Å². The molecule has 2 aromatic heterocycles. The molecule has 4 fully saturated rings. The summed E-state index contributed by atoms with van der Waals surface area (Å²) in [6.07, 6.45) is 5.89. The Morgan fingerprint density at radius 3 is 1.87 bits per heavy atom. The van der Waals surface area contributed by atoms with Crippen molar-refractivity contribution in [3.8, 4) is 0 Å². The number of nitrogens with two attached hydrogens (primary N) is 2. The second kappa shape index (κ2) is 24.4. The third-order valence-electron chi connectivity index (χ3n) is 16.6. The van der Waals surface area contributed by atoms with Gasteiger partial charge in [0.2, 0.25) is 35.4 Å². The predicted octanol–water partition coefficient (Wildman–Crippen LogP) is 4.26. The molecule has 6 N–H and O–H groups in total. The predicted molar refractivity (Wildman–Crippen MR) is 297 cm³/mol. The highest BCUT2D eigenvalue weighted by Gasteiger charge is 2.43. The molecule has 6 heterocycles. The molecule has 79 heavy (non-hydrogen) atoms. The largest absolute Gasteiger partial charge is 0.350 e. The van der Waals surface area contributed by atoms with E-state index in [0.29, 0.717) is 75.4 Å². The van der Waals surface area contributed by atoms with Crippen molar-refractivity contribution in [2.45, 2.75) is 120 Å². The van der Waals surface area contributed by atoms with Gasteiger partial charge in [0.1, 0.15) is 23.1 Å². The molecule has 0 bridgehead atoms. The van der Waals surface area contributed by atoms with Crippen LogP contribution in [0.5, 0.6) is 0 Å². The van der Waals surface area contributed by atoms with E-state index in [4.69, 9.17) is 23.1 Å². The van der Waals surface area contributed by atoms with Gasteiger partial charge in [-0.1, -0.05) is 70.6 Å². The first-order chi connectivity index (χ1) is 38.2. The average Bonchev–Trinajstić information content (AvgIpc) is 4.48. The van der Waals surface area contributed by atoms with Gasteiger partial charge in [-0.25, -0.2) is 9.36 Å². The Kier molecular flexibility index (Phi) is 17.0. The van der Waals surface area contributed by atoms with Crippen molar-refractivity contribution in [3.05, 3.63) is 118 Å². The Balaban J connectivity index is 0.808. The molecule has 0 aliphatic carbocycles. The van der Waals surface area contributed by atoms with Crippen molar-refractivity contribution in [1.82, 2.24) is 60.2 Å². The molecule has 6 aromatic rings. The van der Waals surface area contributed by atoms with E-state index in [-0.39, 0.29) is 92.1 Å². The molecule has 4 aromatic carbocycles. The molecular formula is C58H71ClN14O6. The Morgan fingerprint density at radius 1 is 0.620 bits per heavy atom. The number of aromatic nitrogens is 6. The zero-order valence-corrected chi connectivity index (χ0v) is 45.8. The minimum absolute atomic E-state index is 0.00440.